The number of hydrogen-bond donors (Lipinski definition) is 2. The molecule has 0 saturated carbocycles. The molecule has 0 radical (unpaired) electrons. The molecule has 1 fully saturated rings. The second-order valence-electron chi connectivity index (χ2n) is 3.89. The Labute approximate surface area is 75.4 Å². The lowest BCUT2D eigenvalue weighted by Crippen LogP contribution is -2.31. The molecule has 2 N–H and O–H groups in total. The summed E-state index contributed by atoms with van der Waals surface area (Å²) in [6.45, 7) is 4.41. The van der Waals surface area contributed by atoms with Crippen molar-refractivity contribution < 1.29 is 5.11 Å². The average Bonchev–Trinajstić information content (AvgIpc) is 2.06. The number of aliphatic hydroxyl groups excluding tert-OH is 1. The lowest BCUT2D eigenvalue weighted by atomic mass is 9.92. The van der Waals surface area contributed by atoms with E-state index in [0.29, 0.717) is 0 Å². The first-order valence-corrected chi connectivity index (χ1v) is 5.21. The highest BCUT2D eigenvalue weighted by molar-refractivity contribution is 4.71. The number of hydrogen-bond acceptors (Lipinski definition) is 2. The molecule has 12 heavy (non-hydrogen) atoms. The second kappa shape index (κ2) is 5.55. The van der Waals surface area contributed by atoms with Crippen LogP contribution in [0.3, 0.4) is 0 Å². The fourth-order valence-electron chi connectivity index (χ4n) is 1.96. The van der Waals surface area contributed by atoms with Gasteiger partial charge < -0.3 is 10.4 Å². The Morgan fingerprint density at radius 1 is 1.58 bits per heavy atom. The van der Waals surface area contributed by atoms with Gasteiger partial charge in [0, 0.05) is 0 Å². The van der Waals surface area contributed by atoms with Gasteiger partial charge in [-0.1, -0.05) is 13.3 Å². The van der Waals surface area contributed by atoms with Crippen molar-refractivity contribution in [2.45, 2.75) is 45.1 Å². The van der Waals surface area contributed by atoms with Gasteiger partial charge in [-0.15, -0.1) is 0 Å². The summed E-state index contributed by atoms with van der Waals surface area (Å²) >= 11 is 0. The Bertz CT molecular complexity index is 110. The Hall–Kier alpha value is -0.0800. The minimum Gasteiger partial charge on any atom is -0.393 e. The number of aliphatic hydroxyl groups is 1. The molecule has 1 aliphatic rings. The SMILES string of the molecule is CCCC(O)CC1CCCNC1. The zero-order chi connectivity index (χ0) is 8.81. The van der Waals surface area contributed by atoms with E-state index in [-0.39, 0.29) is 6.10 Å². The molecule has 2 atom stereocenters. The predicted octanol–water partition coefficient (Wildman–Crippen LogP) is 1.54. The summed E-state index contributed by atoms with van der Waals surface area (Å²) in [5.74, 6) is 0.722. The van der Waals surface area contributed by atoms with Crippen LogP contribution in [0.15, 0.2) is 0 Å². The van der Waals surface area contributed by atoms with Gasteiger partial charge in [0.2, 0.25) is 0 Å². The first-order chi connectivity index (χ1) is 5.83. The average molecular weight is 171 g/mol. The van der Waals surface area contributed by atoms with Crippen molar-refractivity contribution in [3.8, 4) is 0 Å². The van der Waals surface area contributed by atoms with E-state index < -0.39 is 0 Å². The summed E-state index contributed by atoms with van der Waals surface area (Å²) in [7, 11) is 0. The standard InChI is InChI=1S/C10H21NO/c1-2-4-10(12)7-9-5-3-6-11-8-9/h9-12H,2-8H2,1H3. The van der Waals surface area contributed by atoms with Crippen LogP contribution in [-0.4, -0.2) is 24.3 Å². The van der Waals surface area contributed by atoms with Gasteiger partial charge in [-0.3, -0.25) is 0 Å². The zero-order valence-corrected chi connectivity index (χ0v) is 8.05. The quantitative estimate of drug-likeness (QED) is 0.672. The molecule has 0 aliphatic carbocycles. The maximum atomic E-state index is 9.57. The van der Waals surface area contributed by atoms with E-state index in [1.165, 1.54) is 19.4 Å². The van der Waals surface area contributed by atoms with Gasteiger partial charge in [0.1, 0.15) is 0 Å². The predicted molar refractivity (Wildman–Crippen MR) is 51.1 cm³/mol. The van der Waals surface area contributed by atoms with Crippen LogP contribution in [0.4, 0.5) is 0 Å². The van der Waals surface area contributed by atoms with Crippen molar-refractivity contribution >= 4 is 0 Å². The first-order valence-electron chi connectivity index (χ1n) is 5.21. The van der Waals surface area contributed by atoms with Crippen LogP contribution >= 0.6 is 0 Å². The molecule has 0 aromatic heterocycles. The topological polar surface area (TPSA) is 32.3 Å². The van der Waals surface area contributed by atoms with Gasteiger partial charge in [-0.05, 0) is 44.7 Å². The van der Waals surface area contributed by atoms with Crippen molar-refractivity contribution in [1.82, 2.24) is 5.32 Å². The van der Waals surface area contributed by atoms with Crippen LogP contribution in [0.25, 0.3) is 0 Å². The molecule has 2 unspecified atom stereocenters. The van der Waals surface area contributed by atoms with Crippen LogP contribution < -0.4 is 5.32 Å². The Morgan fingerprint density at radius 3 is 3.00 bits per heavy atom. The van der Waals surface area contributed by atoms with E-state index in [9.17, 15) is 5.11 Å². The van der Waals surface area contributed by atoms with Crippen LogP contribution in [0.2, 0.25) is 0 Å². The minimum absolute atomic E-state index is 0.0556. The molecule has 0 aromatic carbocycles. The second-order valence-corrected chi connectivity index (χ2v) is 3.89. The maximum Gasteiger partial charge on any atom is 0.0543 e. The van der Waals surface area contributed by atoms with Gasteiger partial charge in [-0.2, -0.15) is 0 Å². The molecular weight excluding hydrogens is 150 g/mol. The largest absolute Gasteiger partial charge is 0.393 e. The number of piperidine rings is 1. The van der Waals surface area contributed by atoms with E-state index in [1.54, 1.807) is 0 Å². The van der Waals surface area contributed by atoms with Crippen LogP contribution in [0.5, 0.6) is 0 Å². The van der Waals surface area contributed by atoms with Gasteiger partial charge in [-0.25, -0.2) is 0 Å². The highest BCUT2D eigenvalue weighted by Gasteiger charge is 2.16. The molecule has 2 nitrogen and oxygen atoms in total. The zero-order valence-electron chi connectivity index (χ0n) is 8.05. The number of nitrogens with one attached hydrogen (secondary N) is 1. The third-order valence-corrected chi connectivity index (χ3v) is 2.63. The summed E-state index contributed by atoms with van der Waals surface area (Å²) in [6.07, 6.45) is 5.59. The van der Waals surface area contributed by atoms with Gasteiger partial charge in [0.05, 0.1) is 6.10 Å². The monoisotopic (exact) mass is 171 g/mol. The summed E-state index contributed by atoms with van der Waals surface area (Å²) in [4.78, 5) is 0. The molecule has 0 amide bonds. The lowest BCUT2D eigenvalue weighted by molar-refractivity contribution is 0.124. The Morgan fingerprint density at radius 2 is 2.42 bits per heavy atom. The van der Waals surface area contributed by atoms with E-state index in [2.05, 4.69) is 12.2 Å². The highest BCUT2D eigenvalue weighted by Crippen LogP contribution is 2.17. The molecule has 2 heteroatoms. The van der Waals surface area contributed by atoms with Gasteiger partial charge >= 0.3 is 0 Å². The van der Waals surface area contributed by atoms with Crippen molar-refractivity contribution in [1.29, 1.82) is 0 Å². The molecule has 1 saturated heterocycles. The minimum atomic E-state index is -0.0556. The molecule has 0 spiro atoms. The summed E-state index contributed by atoms with van der Waals surface area (Å²) < 4.78 is 0. The van der Waals surface area contributed by atoms with Gasteiger partial charge in [0.15, 0.2) is 0 Å². The first kappa shape index (κ1) is 10.0. The van der Waals surface area contributed by atoms with Crippen molar-refractivity contribution in [2.24, 2.45) is 5.92 Å². The molecule has 1 heterocycles. The van der Waals surface area contributed by atoms with Crippen LogP contribution in [0.1, 0.15) is 39.0 Å². The summed E-state index contributed by atoms with van der Waals surface area (Å²) in [5, 5.41) is 12.9. The molecular formula is C10H21NO. The Balaban J connectivity index is 2.11. The molecule has 1 aliphatic heterocycles. The third-order valence-electron chi connectivity index (χ3n) is 2.63. The molecule has 1 rings (SSSR count). The number of rotatable bonds is 4. The summed E-state index contributed by atoms with van der Waals surface area (Å²) in [6, 6.07) is 0. The fraction of sp³-hybridized carbons (Fsp3) is 1.00. The van der Waals surface area contributed by atoms with Crippen LogP contribution in [-0.2, 0) is 0 Å². The van der Waals surface area contributed by atoms with E-state index in [1.807, 2.05) is 0 Å². The fourth-order valence-corrected chi connectivity index (χ4v) is 1.96. The van der Waals surface area contributed by atoms with E-state index in [4.69, 9.17) is 0 Å². The van der Waals surface area contributed by atoms with E-state index in [0.717, 1.165) is 31.7 Å². The lowest BCUT2D eigenvalue weighted by Gasteiger charge is -2.24. The molecule has 0 bridgehead atoms. The van der Waals surface area contributed by atoms with E-state index >= 15 is 0 Å². The summed E-state index contributed by atoms with van der Waals surface area (Å²) in [5.41, 5.74) is 0. The van der Waals surface area contributed by atoms with Crippen LogP contribution in [0, 0.1) is 5.92 Å². The smallest absolute Gasteiger partial charge is 0.0543 e. The normalized spacial score (nSPS) is 27.0. The van der Waals surface area contributed by atoms with Gasteiger partial charge in [0.25, 0.3) is 0 Å². The molecule has 0 aromatic rings. The molecule has 72 valence electrons. The van der Waals surface area contributed by atoms with Crippen molar-refractivity contribution in [3.05, 3.63) is 0 Å². The van der Waals surface area contributed by atoms with Crippen molar-refractivity contribution in [2.75, 3.05) is 13.1 Å². The third kappa shape index (κ3) is 3.55. The maximum absolute atomic E-state index is 9.57. The highest BCUT2D eigenvalue weighted by atomic mass is 16.3. The Kier molecular flexibility index (Phi) is 4.62. The van der Waals surface area contributed by atoms with Crippen molar-refractivity contribution in [3.63, 3.8) is 0 Å².